The smallest absolute Gasteiger partial charge is 0.394 e. The average molecular weight is 268 g/mol. The highest BCUT2D eigenvalue weighted by molar-refractivity contribution is 5.28. The Morgan fingerprint density at radius 1 is 1.32 bits per heavy atom. The standard InChI is InChI=1S/C11H13N3O5/c15-5-6-8(16)9(17)10(19-6)14-3-1-7-12-2-4-13(7)11(14)18/h1-4,6,8-10,15-17H,5H2/p+1. The lowest BCUT2D eigenvalue weighted by Crippen LogP contribution is -2.37. The van der Waals surface area contributed by atoms with E-state index in [1.54, 1.807) is 18.5 Å². The third-order valence-corrected chi connectivity index (χ3v) is 3.33. The Bertz CT molecular complexity index is 651. The normalized spacial score (nSPS) is 31.1. The van der Waals surface area contributed by atoms with Crippen LogP contribution < -0.4 is 10.7 Å². The van der Waals surface area contributed by atoms with Gasteiger partial charge in [0.05, 0.1) is 6.61 Å². The van der Waals surface area contributed by atoms with Crippen LogP contribution in [-0.4, -0.2) is 49.2 Å². The second-order valence-electron chi connectivity index (χ2n) is 4.45. The van der Waals surface area contributed by atoms with Crippen LogP contribution in [0.15, 0.2) is 29.5 Å². The molecule has 8 heteroatoms. The number of rotatable bonds is 2. The first-order valence-corrected chi connectivity index (χ1v) is 5.86. The van der Waals surface area contributed by atoms with E-state index in [1.807, 2.05) is 0 Å². The van der Waals surface area contributed by atoms with E-state index < -0.39 is 36.8 Å². The molecular weight excluding hydrogens is 254 g/mol. The number of hydrogen-bond donors (Lipinski definition) is 3. The predicted octanol–water partition coefficient (Wildman–Crippen LogP) is -2.47. The number of aromatic nitrogens is 3. The van der Waals surface area contributed by atoms with Crippen molar-refractivity contribution in [2.24, 2.45) is 0 Å². The van der Waals surface area contributed by atoms with E-state index in [4.69, 9.17) is 9.84 Å². The Morgan fingerprint density at radius 3 is 2.79 bits per heavy atom. The summed E-state index contributed by atoms with van der Waals surface area (Å²) in [6, 6.07) is 1.65. The summed E-state index contributed by atoms with van der Waals surface area (Å²) >= 11 is 0. The molecule has 0 radical (unpaired) electrons. The number of ether oxygens (including phenoxy) is 1. The summed E-state index contributed by atoms with van der Waals surface area (Å²) in [6.07, 6.45) is 0.202. The molecule has 4 N–H and O–H groups in total. The number of hydrogen-bond acceptors (Lipinski definition) is 5. The number of imidazole rings is 1. The highest BCUT2D eigenvalue weighted by Crippen LogP contribution is 2.27. The maximum Gasteiger partial charge on any atom is 0.422 e. The topological polar surface area (TPSA) is 110 Å². The Labute approximate surface area is 107 Å². The second kappa shape index (κ2) is 4.42. The summed E-state index contributed by atoms with van der Waals surface area (Å²) in [5.41, 5.74) is 0.196. The van der Waals surface area contributed by atoms with Crippen molar-refractivity contribution in [1.82, 2.24) is 8.97 Å². The summed E-state index contributed by atoms with van der Waals surface area (Å²) < 4.78 is 7.86. The van der Waals surface area contributed by atoms with Gasteiger partial charge in [-0.05, 0) is 0 Å². The molecule has 102 valence electrons. The molecule has 0 bridgehead atoms. The van der Waals surface area contributed by atoms with Crippen molar-refractivity contribution in [3.63, 3.8) is 0 Å². The predicted molar refractivity (Wildman–Crippen MR) is 61.2 cm³/mol. The van der Waals surface area contributed by atoms with Crippen LogP contribution in [-0.2, 0) is 4.74 Å². The fourth-order valence-electron chi connectivity index (χ4n) is 2.28. The van der Waals surface area contributed by atoms with Gasteiger partial charge in [-0.2, -0.15) is 0 Å². The van der Waals surface area contributed by atoms with Gasteiger partial charge in [-0.25, -0.2) is 9.78 Å². The molecule has 0 saturated carbocycles. The number of nitrogens with zero attached hydrogens (tertiary/aromatic N) is 2. The first-order chi connectivity index (χ1) is 9.13. The highest BCUT2D eigenvalue weighted by atomic mass is 16.6. The van der Waals surface area contributed by atoms with Gasteiger partial charge < -0.3 is 20.1 Å². The molecule has 1 fully saturated rings. The quantitative estimate of drug-likeness (QED) is 0.559. The molecule has 4 unspecified atom stereocenters. The largest absolute Gasteiger partial charge is 0.422 e. The summed E-state index contributed by atoms with van der Waals surface area (Å²) in [5.74, 6) is 0. The first kappa shape index (κ1) is 12.3. The van der Waals surface area contributed by atoms with Crippen LogP contribution in [0.2, 0.25) is 0 Å². The van der Waals surface area contributed by atoms with Gasteiger partial charge in [-0.3, -0.25) is 4.57 Å². The minimum atomic E-state index is -1.27. The van der Waals surface area contributed by atoms with Crippen LogP contribution in [0.3, 0.4) is 0 Å². The van der Waals surface area contributed by atoms with Gasteiger partial charge in [0.1, 0.15) is 30.7 Å². The molecule has 2 aromatic rings. The monoisotopic (exact) mass is 268 g/mol. The highest BCUT2D eigenvalue weighted by Gasteiger charge is 2.44. The fourth-order valence-corrected chi connectivity index (χ4v) is 2.28. The van der Waals surface area contributed by atoms with E-state index in [0.717, 1.165) is 0 Å². The maximum absolute atomic E-state index is 12.2. The molecule has 19 heavy (non-hydrogen) atoms. The Kier molecular flexibility index (Phi) is 2.86. The van der Waals surface area contributed by atoms with Gasteiger partial charge in [-0.1, -0.05) is 0 Å². The molecule has 3 rings (SSSR count). The minimum absolute atomic E-state index is 0.409. The van der Waals surface area contributed by atoms with Gasteiger partial charge in [0.15, 0.2) is 6.23 Å². The van der Waals surface area contributed by atoms with Crippen molar-refractivity contribution in [2.75, 3.05) is 6.61 Å². The Balaban J connectivity index is 2.05. The van der Waals surface area contributed by atoms with Crippen molar-refractivity contribution in [2.45, 2.75) is 24.5 Å². The minimum Gasteiger partial charge on any atom is -0.394 e. The van der Waals surface area contributed by atoms with Gasteiger partial charge >= 0.3 is 5.69 Å². The van der Waals surface area contributed by atoms with Gasteiger partial charge in [0, 0.05) is 12.3 Å². The molecule has 3 heterocycles. The van der Waals surface area contributed by atoms with E-state index in [1.165, 1.54) is 15.2 Å². The van der Waals surface area contributed by atoms with Crippen LogP contribution in [0.1, 0.15) is 6.23 Å². The second-order valence-corrected chi connectivity index (χ2v) is 4.45. The molecule has 0 aromatic carbocycles. The van der Waals surface area contributed by atoms with Crippen LogP contribution in [0.25, 0.3) is 5.65 Å². The van der Waals surface area contributed by atoms with Crippen LogP contribution in [0, 0.1) is 0 Å². The number of aromatic amines is 1. The molecule has 0 amide bonds. The third-order valence-electron chi connectivity index (χ3n) is 3.33. The van der Waals surface area contributed by atoms with Crippen molar-refractivity contribution in [3.05, 3.63) is 35.1 Å². The lowest BCUT2D eigenvalue weighted by atomic mass is 10.1. The summed E-state index contributed by atoms with van der Waals surface area (Å²) in [7, 11) is 0. The van der Waals surface area contributed by atoms with E-state index in [-0.39, 0.29) is 0 Å². The van der Waals surface area contributed by atoms with Crippen molar-refractivity contribution < 1.29 is 25.0 Å². The zero-order valence-corrected chi connectivity index (χ0v) is 9.88. The molecule has 8 nitrogen and oxygen atoms in total. The Morgan fingerprint density at radius 2 is 2.11 bits per heavy atom. The lowest BCUT2D eigenvalue weighted by Gasteiger charge is -2.15. The number of aliphatic hydroxyl groups is 3. The lowest BCUT2D eigenvalue weighted by molar-refractivity contribution is -0.343. The number of H-pyrrole nitrogens is 1. The van der Waals surface area contributed by atoms with Gasteiger partial charge in [0.25, 0.3) is 5.65 Å². The molecular formula is C11H14N3O5+. The summed E-state index contributed by atoms with van der Waals surface area (Å²) in [6.45, 7) is -0.428. The van der Waals surface area contributed by atoms with Crippen molar-refractivity contribution in [3.8, 4) is 0 Å². The van der Waals surface area contributed by atoms with E-state index >= 15 is 0 Å². The molecule has 4 atom stereocenters. The fraction of sp³-hybridized carbons (Fsp3) is 0.455. The van der Waals surface area contributed by atoms with Crippen LogP contribution in [0.5, 0.6) is 0 Å². The molecule has 1 aliphatic rings. The first-order valence-electron chi connectivity index (χ1n) is 5.86. The number of nitrogens with one attached hydrogen (secondary N) is 1. The molecule has 1 saturated heterocycles. The van der Waals surface area contributed by atoms with Crippen LogP contribution in [0.4, 0.5) is 0 Å². The maximum atomic E-state index is 12.2. The summed E-state index contributed by atoms with van der Waals surface area (Å²) in [4.78, 5) is 15.1. The molecule has 0 spiro atoms. The molecule has 1 aliphatic heterocycles. The molecule has 2 aromatic heterocycles. The van der Waals surface area contributed by atoms with Crippen molar-refractivity contribution in [1.29, 1.82) is 0 Å². The van der Waals surface area contributed by atoms with E-state index in [9.17, 15) is 15.0 Å². The van der Waals surface area contributed by atoms with Crippen LogP contribution >= 0.6 is 0 Å². The van der Waals surface area contributed by atoms with E-state index in [2.05, 4.69) is 4.98 Å². The van der Waals surface area contributed by atoms with Gasteiger partial charge in [0.2, 0.25) is 0 Å². The zero-order valence-electron chi connectivity index (χ0n) is 9.88. The number of aliphatic hydroxyl groups excluding tert-OH is 3. The molecule has 0 aliphatic carbocycles. The zero-order chi connectivity index (χ0) is 13.6. The van der Waals surface area contributed by atoms with Gasteiger partial charge in [-0.15, -0.1) is 4.40 Å². The Hall–Kier alpha value is -1.74. The van der Waals surface area contributed by atoms with Crippen molar-refractivity contribution >= 4 is 5.65 Å². The summed E-state index contributed by atoms with van der Waals surface area (Å²) in [5, 5.41) is 28.6. The third kappa shape index (κ3) is 1.77. The van der Waals surface area contributed by atoms with E-state index in [0.29, 0.717) is 5.65 Å². The SMILES string of the molecule is O=c1n(C2OC(CO)C(O)C2O)ccc2[nH+]ccn12. The average Bonchev–Trinajstić information content (AvgIpc) is 2.98. The number of fused-ring (bicyclic) bond motifs is 1.